The highest BCUT2D eigenvalue weighted by molar-refractivity contribution is 6.35. The van der Waals surface area contributed by atoms with E-state index in [1.165, 1.54) is 44.5 Å². The fourth-order valence-electron chi connectivity index (χ4n) is 9.18. The molecule has 0 fully saturated rings. The van der Waals surface area contributed by atoms with Crippen LogP contribution in [0.3, 0.4) is 0 Å². The number of benzene rings is 4. The molecule has 2 aliphatic heterocycles. The van der Waals surface area contributed by atoms with Crippen LogP contribution in [0.15, 0.2) is 72.8 Å². The van der Waals surface area contributed by atoms with E-state index in [1.54, 1.807) is 13.8 Å². The van der Waals surface area contributed by atoms with Crippen molar-refractivity contribution < 1.29 is 38.0 Å². The van der Waals surface area contributed by atoms with Gasteiger partial charge in [0.15, 0.2) is 0 Å². The quantitative estimate of drug-likeness (QED) is 0.0287. The normalized spacial score (nSPS) is 16.1. The molecular weight excluding hydrogens is 991 g/mol. The fourth-order valence-corrected chi connectivity index (χ4v) is 10.0. The third kappa shape index (κ3) is 18.8. The smallest absolute Gasteiger partial charge is 0.235 e. The first-order chi connectivity index (χ1) is 35.3. The predicted molar refractivity (Wildman–Crippen MR) is 290 cm³/mol. The van der Waals surface area contributed by atoms with Gasteiger partial charge in [0.25, 0.3) is 0 Å². The van der Waals surface area contributed by atoms with Gasteiger partial charge in [-0.1, -0.05) is 83.3 Å². The van der Waals surface area contributed by atoms with Gasteiger partial charge in [0, 0.05) is 92.4 Å². The number of nitrogens with zero attached hydrogens (tertiary/aromatic N) is 2. The lowest BCUT2D eigenvalue weighted by Crippen LogP contribution is -2.49. The van der Waals surface area contributed by atoms with E-state index in [4.69, 9.17) is 63.2 Å². The van der Waals surface area contributed by atoms with E-state index in [1.807, 2.05) is 6.07 Å². The number of rotatable bonds is 32. The second kappa shape index (κ2) is 30.7. The third-order valence-corrected chi connectivity index (χ3v) is 13.9. The van der Waals surface area contributed by atoms with Crippen LogP contribution in [0.25, 0.3) is 0 Å². The second-order valence-corrected chi connectivity index (χ2v) is 20.7. The predicted octanol–water partition coefficient (Wildman–Crippen LogP) is 7.35. The molecule has 6 rings (SSSR count). The van der Waals surface area contributed by atoms with Gasteiger partial charge in [0.2, 0.25) is 11.8 Å². The molecule has 4 aromatic rings. The van der Waals surface area contributed by atoms with Gasteiger partial charge in [-0.25, -0.2) is 0 Å². The molecular formula is C56H77Cl3N6O8. The zero-order valence-corrected chi connectivity index (χ0v) is 45.7. The van der Waals surface area contributed by atoms with Gasteiger partial charge in [-0.3, -0.25) is 9.59 Å². The second-order valence-electron chi connectivity index (χ2n) is 19.4. The molecule has 4 N–H and O–H groups in total. The van der Waals surface area contributed by atoms with E-state index in [2.05, 4.69) is 119 Å². The first kappa shape index (κ1) is 58.5. The average Bonchev–Trinajstić information content (AvgIpc) is 3.36. The molecule has 0 saturated carbocycles. The molecule has 2 atom stereocenters. The summed E-state index contributed by atoms with van der Waals surface area (Å²) >= 11 is 19.4. The molecule has 0 aliphatic carbocycles. The summed E-state index contributed by atoms with van der Waals surface area (Å²) in [5.41, 5.74) is 10.1. The zero-order valence-electron chi connectivity index (χ0n) is 43.4. The highest BCUT2D eigenvalue weighted by atomic mass is 35.5. The van der Waals surface area contributed by atoms with Gasteiger partial charge in [0.1, 0.15) is 5.41 Å². The molecule has 4 aromatic carbocycles. The van der Waals surface area contributed by atoms with Gasteiger partial charge >= 0.3 is 0 Å². The van der Waals surface area contributed by atoms with Crippen LogP contribution in [0.1, 0.15) is 75.8 Å². The number of hydrogen-bond donors (Lipinski definition) is 4. The van der Waals surface area contributed by atoms with Crippen LogP contribution in [0.5, 0.6) is 0 Å². The first-order valence-electron chi connectivity index (χ1n) is 25.6. The Morgan fingerprint density at radius 1 is 0.548 bits per heavy atom. The minimum Gasteiger partial charge on any atom is -0.378 e. The topological polar surface area (TPSA) is 144 Å². The molecule has 2 heterocycles. The molecule has 0 saturated heterocycles. The maximum absolute atomic E-state index is 12.8. The molecule has 2 aliphatic rings. The highest BCUT2D eigenvalue weighted by Crippen LogP contribution is 2.39. The number of amides is 2. The van der Waals surface area contributed by atoms with Crippen molar-refractivity contribution in [1.82, 2.24) is 31.1 Å². The van der Waals surface area contributed by atoms with E-state index in [-0.39, 0.29) is 36.7 Å². The number of carbonyl (C=O) groups is 2. The lowest BCUT2D eigenvalue weighted by atomic mass is 9.83. The van der Waals surface area contributed by atoms with Crippen molar-refractivity contribution in [3.05, 3.63) is 138 Å². The van der Waals surface area contributed by atoms with Crippen molar-refractivity contribution in [2.75, 3.05) is 133 Å². The van der Waals surface area contributed by atoms with Crippen LogP contribution in [-0.4, -0.2) is 154 Å². The van der Waals surface area contributed by atoms with Crippen molar-refractivity contribution in [3.8, 4) is 0 Å². The number of ether oxygens (including phenoxy) is 6. The Labute approximate surface area is 448 Å². The third-order valence-electron chi connectivity index (χ3n) is 13.2. The molecule has 2 amide bonds. The van der Waals surface area contributed by atoms with Crippen molar-refractivity contribution >= 4 is 46.6 Å². The molecule has 0 spiro atoms. The summed E-state index contributed by atoms with van der Waals surface area (Å²) in [5.74, 6) is -0.272. The fraction of sp³-hybridized carbons (Fsp3) is 0.536. The van der Waals surface area contributed by atoms with Crippen LogP contribution in [-0.2, 0) is 64.2 Å². The number of aryl methyl sites for hydroxylation is 1. The minimum absolute atomic E-state index is 0.203. The first-order valence-corrected chi connectivity index (χ1v) is 26.7. The minimum atomic E-state index is -1.26. The summed E-state index contributed by atoms with van der Waals surface area (Å²) in [6.07, 6.45) is 0. The number of nitrogens with one attached hydrogen (secondary N) is 4. The van der Waals surface area contributed by atoms with Crippen LogP contribution in [0.2, 0.25) is 15.1 Å². The monoisotopic (exact) mass is 1070 g/mol. The van der Waals surface area contributed by atoms with Crippen molar-refractivity contribution in [3.63, 3.8) is 0 Å². The number of carbonyl (C=O) groups excluding carboxylic acids is 2. The summed E-state index contributed by atoms with van der Waals surface area (Å²) < 4.78 is 33.9. The molecule has 2 unspecified atom stereocenters. The van der Waals surface area contributed by atoms with Crippen LogP contribution >= 0.6 is 34.8 Å². The largest absolute Gasteiger partial charge is 0.378 e. The van der Waals surface area contributed by atoms with Crippen LogP contribution in [0.4, 0.5) is 0 Å². The molecule has 14 nitrogen and oxygen atoms in total. The summed E-state index contributed by atoms with van der Waals surface area (Å²) in [4.78, 5) is 30.2. The van der Waals surface area contributed by atoms with Crippen molar-refractivity contribution in [1.29, 1.82) is 0 Å². The lowest BCUT2D eigenvalue weighted by Gasteiger charge is -2.34. The Balaban J connectivity index is 0.693. The number of fused-ring (bicyclic) bond motifs is 2. The number of likely N-dealkylation sites (N-methyl/N-ethyl adjacent to an activating group) is 2. The Hall–Kier alpha value is -3.71. The molecule has 73 heavy (non-hydrogen) atoms. The van der Waals surface area contributed by atoms with Gasteiger partial charge < -0.3 is 59.5 Å². The zero-order chi connectivity index (χ0) is 52.0. The maximum atomic E-state index is 12.8. The summed E-state index contributed by atoms with van der Waals surface area (Å²) in [6, 6.07) is 25.6. The van der Waals surface area contributed by atoms with E-state index >= 15 is 0 Å². The summed E-state index contributed by atoms with van der Waals surface area (Å²) in [6.45, 7) is 17.6. The molecule has 400 valence electrons. The number of halogens is 3. The summed E-state index contributed by atoms with van der Waals surface area (Å²) in [7, 11) is 4.30. The van der Waals surface area contributed by atoms with Crippen molar-refractivity contribution in [2.24, 2.45) is 5.41 Å². The SMILES string of the molecule is Cc1cc(Cl)cc2c1CN(C)CC2c1cccc(CNCCOCCOCCOCCNC(=O)C(C)(C)C(=O)NCCOCCOCCOCCNCc2cccc(C3CN(C)Cc4c(Cl)cc(Cl)cc43)c2)c1. The van der Waals surface area contributed by atoms with Crippen molar-refractivity contribution in [2.45, 2.75) is 58.8 Å². The highest BCUT2D eigenvalue weighted by Gasteiger charge is 2.35. The lowest BCUT2D eigenvalue weighted by molar-refractivity contribution is -0.141. The van der Waals surface area contributed by atoms with E-state index in [0.29, 0.717) is 90.8 Å². The average molecular weight is 1070 g/mol. The Morgan fingerprint density at radius 2 is 0.945 bits per heavy atom. The Morgan fingerprint density at radius 3 is 1.41 bits per heavy atom. The van der Waals surface area contributed by atoms with Gasteiger partial charge in [-0.05, 0) is 109 Å². The molecule has 0 bridgehead atoms. The van der Waals surface area contributed by atoms with Gasteiger partial charge in [0.05, 0.1) is 79.3 Å². The van der Waals surface area contributed by atoms with Gasteiger partial charge in [-0.15, -0.1) is 0 Å². The van der Waals surface area contributed by atoms with E-state index in [9.17, 15) is 9.59 Å². The Bertz CT molecular complexity index is 2200. The Kier molecular flexibility index (Phi) is 24.7. The molecule has 0 aromatic heterocycles. The number of hydrogen-bond acceptors (Lipinski definition) is 12. The van der Waals surface area contributed by atoms with Gasteiger partial charge in [-0.2, -0.15) is 0 Å². The standard InChI is InChI=1S/C56H77Cl3N6O8/c1-40-28-45(57)31-47-49(40)36-64(4)37-50(47)43-10-6-8-41(29-43)34-60-12-16-68-20-24-72-26-22-70-18-14-62-54(66)56(2,3)55(67)63-15-19-71-23-27-73-25-21-69-17-13-61-35-42-9-7-11-44(30-42)51-38-65(5)39-52-48(51)32-46(58)33-53(52)59/h6-11,28-33,50-51,60-61H,12-27,34-39H2,1-5H3,(H,62,66)(H,63,67). The van der Waals surface area contributed by atoms with Crippen LogP contribution < -0.4 is 21.3 Å². The van der Waals surface area contributed by atoms with Crippen LogP contribution in [0, 0.1) is 12.3 Å². The maximum Gasteiger partial charge on any atom is 0.235 e. The molecule has 17 heteroatoms. The van der Waals surface area contributed by atoms with E-state index in [0.717, 1.165) is 61.4 Å². The van der Waals surface area contributed by atoms with E-state index < -0.39 is 5.41 Å². The summed E-state index contributed by atoms with van der Waals surface area (Å²) in [5, 5.41) is 14.7. The molecule has 0 radical (unpaired) electrons.